The van der Waals surface area contributed by atoms with Gasteiger partial charge in [0, 0.05) is 40.2 Å². The molecule has 4 nitrogen and oxygen atoms in total. The van der Waals surface area contributed by atoms with E-state index in [1.54, 1.807) is 0 Å². The lowest BCUT2D eigenvalue weighted by Crippen LogP contribution is -2.32. The fourth-order valence-electron chi connectivity index (χ4n) is 8.68. The lowest BCUT2D eigenvalue weighted by molar-refractivity contribution is 0.436. The Balaban J connectivity index is 1.19. The Morgan fingerprint density at radius 1 is 0.389 bits per heavy atom. The maximum Gasteiger partial charge on any atom is 0.160 e. The van der Waals surface area contributed by atoms with E-state index in [0.29, 0.717) is 5.82 Å². The van der Waals surface area contributed by atoms with Gasteiger partial charge in [-0.1, -0.05) is 127 Å². The van der Waals surface area contributed by atoms with Crippen LogP contribution in [-0.2, 0) is 5.41 Å². The lowest BCUT2D eigenvalue weighted by atomic mass is 9.65. The van der Waals surface area contributed by atoms with Crippen LogP contribution in [0.1, 0.15) is 22.3 Å². The van der Waals surface area contributed by atoms with Crippen LogP contribution in [0.4, 0.5) is 0 Å². The first-order valence-electron chi connectivity index (χ1n) is 18.3. The summed E-state index contributed by atoms with van der Waals surface area (Å²) in [7, 11) is 0. The standard InChI is InChI=1S/C50H31N3O/c1-2-12-34(13-3-1)49-52-45(31-46(53-49)40-18-10-14-33-11-4-5-15-37(33)40)36-22-24-48-44(30-36)50(41-19-8-6-16-38(41)39-17-7-9-20-42(39)50)43-29-35(21-23-47(43)54-48)32-25-27-51-28-26-32/h1-31H. The summed E-state index contributed by atoms with van der Waals surface area (Å²) in [5.41, 5.74) is 13.5. The van der Waals surface area contributed by atoms with Gasteiger partial charge in [0.2, 0.25) is 0 Å². The van der Waals surface area contributed by atoms with Crippen LogP contribution in [0.3, 0.4) is 0 Å². The number of rotatable bonds is 4. The molecule has 0 amide bonds. The molecular formula is C50H31N3O. The highest BCUT2D eigenvalue weighted by molar-refractivity contribution is 5.97. The van der Waals surface area contributed by atoms with E-state index in [-0.39, 0.29) is 0 Å². The van der Waals surface area contributed by atoms with Crippen molar-refractivity contribution < 1.29 is 4.74 Å². The Kier molecular flexibility index (Phi) is 6.73. The summed E-state index contributed by atoms with van der Waals surface area (Å²) in [5, 5.41) is 2.33. The number of benzene rings is 7. The smallest absolute Gasteiger partial charge is 0.160 e. The first kappa shape index (κ1) is 30.5. The summed E-state index contributed by atoms with van der Waals surface area (Å²) in [6.45, 7) is 0. The third-order valence-electron chi connectivity index (χ3n) is 11.1. The summed E-state index contributed by atoms with van der Waals surface area (Å²) in [5.74, 6) is 2.37. The molecule has 0 saturated heterocycles. The summed E-state index contributed by atoms with van der Waals surface area (Å²) >= 11 is 0. The minimum Gasteiger partial charge on any atom is -0.457 e. The molecule has 0 atom stereocenters. The second-order valence-electron chi connectivity index (χ2n) is 14.0. The predicted octanol–water partition coefficient (Wildman–Crippen LogP) is 12.2. The van der Waals surface area contributed by atoms with E-state index in [1.165, 1.54) is 27.6 Å². The van der Waals surface area contributed by atoms with E-state index < -0.39 is 5.41 Å². The molecule has 252 valence electrons. The molecule has 3 heterocycles. The van der Waals surface area contributed by atoms with Gasteiger partial charge in [-0.2, -0.15) is 0 Å². The van der Waals surface area contributed by atoms with Gasteiger partial charge in [-0.15, -0.1) is 0 Å². The van der Waals surface area contributed by atoms with Crippen molar-refractivity contribution >= 4 is 10.8 Å². The van der Waals surface area contributed by atoms with Crippen molar-refractivity contribution in [2.75, 3.05) is 0 Å². The fourth-order valence-corrected chi connectivity index (χ4v) is 8.68. The molecule has 0 bridgehead atoms. The van der Waals surface area contributed by atoms with E-state index in [9.17, 15) is 0 Å². The van der Waals surface area contributed by atoms with Gasteiger partial charge >= 0.3 is 0 Å². The summed E-state index contributed by atoms with van der Waals surface area (Å²) in [6.07, 6.45) is 3.70. The molecule has 7 aromatic carbocycles. The molecular weight excluding hydrogens is 659 g/mol. The van der Waals surface area contributed by atoms with Crippen LogP contribution in [0.25, 0.3) is 66.9 Å². The zero-order valence-electron chi connectivity index (χ0n) is 29.1. The van der Waals surface area contributed by atoms with Crippen molar-refractivity contribution in [1.82, 2.24) is 15.0 Å². The van der Waals surface area contributed by atoms with Crippen molar-refractivity contribution in [1.29, 1.82) is 0 Å². The highest BCUT2D eigenvalue weighted by Gasteiger charge is 2.51. The Morgan fingerprint density at radius 3 is 1.74 bits per heavy atom. The number of hydrogen-bond acceptors (Lipinski definition) is 4. The molecule has 54 heavy (non-hydrogen) atoms. The van der Waals surface area contributed by atoms with Gasteiger partial charge in [-0.05, 0) is 92.7 Å². The zero-order valence-corrected chi connectivity index (χ0v) is 29.1. The molecule has 0 fully saturated rings. The van der Waals surface area contributed by atoms with Gasteiger partial charge in [0.25, 0.3) is 0 Å². The topological polar surface area (TPSA) is 47.9 Å². The van der Waals surface area contributed by atoms with Crippen LogP contribution in [0.5, 0.6) is 11.5 Å². The summed E-state index contributed by atoms with van der Waals surface area (Å²) in [4.78, 5) is 14.8. The summed E-state index contributed by atoms with van der Waals surface area (Å²) in [6, 6.07) is 62.2. The number of pyridine rings is 1. The van der Waals surface area contributed by atoms with Crippen molar-refractivity contribution in [2.45, 2.75) is 5.41 Å². The SMILES string of the molecule is c1ccc(-c2nc(-c3ccc4c(c3)C3(c5cc(-c6ccncc6)ccc5O4)c4ccccc4-c4ccccc43)cc(-c3cccc4ccccc34)n2)cc1. The Morgan fingerprint density at radius 2 is 0.981 bits per heavy atom. The van der Waals surface area contributed by atoms with Gasteiger partial charge in [-0.3, -0.25) is 4.98 Å². The van der Waals surface area contributed by atoms with Crippen molar-refractivity contribution in [3.8, 4) is 67.7 Å². The van der Waals surface area contributed by atoms with Crippen LogP contribution >= 0.6 is 0 Å². The minimum absolute atomic E-state index is 0.636. The van der Waals surface area contributed by atoms with Gasteiger partial charge < -0.3 is 4.74 Å². The maximum atomic E-state index is 6.87. The molecule has 1 aliphatic carbocycles. The average molecular weight is 690 g/mol. The molecule has 0 saturated carbocycles. The molecule has 0 unspecified atom stereocenters. The second kappa shape index (κ2) is 11.9. The number of ether oxygens (including phenoxy) is 1. The molecule has 4 heteroatoms. The number of nitrogens with zero attached hydrogens (tertiary/aromatic N) is 3. The summed E-state index contributed by atoms with van der Waals surface area (Å²) < 4.78 is 6.87. The maximum absolute atomic E-state index is 6.87. The number of fused-ring (bicyclic) bond motifs is 10. The third kappa shape index (κ3) is 4.53. The molecule has 2 aromatic heterocycles. The van der Waals surface area contributed by atoms with Crippen molar-refractivity contribution in [3.05, 3.63) is 211 Å². The largest absolute Gasteiger partial charge is 0.457 e. The Labute approximate surface area is 313 Å². The van der Waals surface area contributed by atoms with Crippen LogP contribution in [-0.4, -0.2) is 15.0 Å². The predicted molar refractivity (Wildman–Crippen MR) is 216 cm³/mol. The Bertz CT molecular complexity index is 2870. The van der Waals surface area contributed by atoms with Crippen LogP contribution in [0.15, 0.2) is 188 Å². The molecule has 1 aliphatic heterocycles. The van der Waals surface area contributed by atoms with E-state index in [0.717, 1.165) is 67.2 Å². The molecule has 9 aromatic rings. The zero-order chi connectivity index (χ0) is 35.6. The number of hydrogen-bond donors (Lipinski definition) is 0. The minimum atomic E-state index is -0.636. The molecule has 11 rings (SSSR count). The van der Waals surface area contributed by atoms with Crippen molar-refractivity contribution in [3.63, 3.8) is 0 Å². The highest BCUT2D eigenvalue weighted by atomic mass is 16.5. The fraction of sp³-hybridized carbons (Fsp3) is 0.0200. The molecule has 0 N–H and O–H groups in total. The van der Waals surface area contributed by atoms with E-state index in [1.807, 2.05) is 30.6 Å². The van der Waals surface area contributed by atoms with E-state index in [2.05, 4.69) is 163 Å². The monoisotopic (exact) mass is 689 g/mol. The average Bonchev–Trinajstić information content (AvgIpc) is 3.54. The number of aromatic nitrogens is 3. The third-order valence-corrected chi connectivity index (χ3v) is 11.1. The highest BCUT2D eigenvalue weighted by Crippen LogP contribution is 2.62. The van der Waals surface area contributed by atoms with Gasteiger partial charge in [0.05, 0.1) is 16.8 Å². The van der Waals surface area contributed by atoms with Crippen LogP contribution in [0, 0.1) is 0 Å². The van der Waals surface area contributed by atoms with Crippen LogP contribution < -0.4 is 4.74 Å². The normalized spacial score (nSPS) is 13.1. The lowest BCUT2D eigenvalue weighted by Gasteiger charge is -2.40. The molecule has 0 radical (unpaired) electrons. The first-order chi connectivity index (χ1) is 26.8. The van der Waals surface area contributed by atoms with Crippen molar-refractivity contribution in [2.24, 2.45) is 0 Å². The van der Waals surface area contributed by atoms with E-state index >= 15 is 0 Å². The van der Waals surface area contributed by atoms with Gasteiger partial charge in [-0.25, -0.2) is 9.97 Å². The Hall–Kier alpha value is -7.17. The van der Waals surface area contributed by atoms with Gasteiger partial charge in [0.15, 0.2) is 5.82 Å². The van der Waals surface area contributed by atoms with Crippen LogP contribution in [0.2, 0.25) is 0 Å². The quantitative estimate of drug-likeness (QED) is 0.185. The molecule has 2 aliphatic rings. The second-order valence-corrected chi connectivity index (χ2v) is 14.0. The van der Waals surface area contributed by atoms with Gasteiger partial charge in [0.1, 0.15) is 11.5 Å². The first-order valence-corrected chi connectivity index (χ1v) is 18.3. The van der Waals surface area contributed by atoms with E-state index in [4.69, 9.17) is 14.7 Å². The molecule has 1 spiro atoms.